The Morgan fingerprint density at radius 2 is 1.76 bits per heavy atom. The standard InChI is InChI=1S/C17H19ClN2O/c1-11-4-9-16(12(2)10-11)13(3)19-17(21)20-15-7-5-14(18)6-8-15/h4-10,13H,1-3H3,(H2,19,20,21)/t13-/m0/s1. The molecule has 0 unspecified atom stereocenters. The Labute approximate surface area is 130 Å². The molecule has 2 N–H and O–H groups in total. The Bertz CT molecular complexity index is 638. The molecule has 2 aromatic rings. The molecule has 0 saturated heterocycles. The van der Waals surface area contributed by atoms with Crippen LogP contribution in [0.3, 0.4) is 0 Å². The van der Waals surface area contributed by atoms with E-state index in [4.69, 9.17) is 11.6 Å². The number of hydrogen-bond donors (Lipinski definition) is 2. The SMILES string of the molecule is Cc1ccc([C@H](C)NC(=O)Nc2ccc(Cl)cc2)c(C)c1. The van der Waals surface area contributed by atoms with Crippen LogP contribution in [-0.2, 0) is 0 Å². The van der Waals surface area contributed by atoms with Gasteiger partial charge in [0.2, 0.25) is 0 Å². The summed E-state index contributed by atoms with van der Waals surface area (Å²) in [7, 11) is 0. The lowest BCUT2D eigenvalue weighted by molar-refractivity contribution is 0.249. The van der Waals surface area contributed by atoms with Gasteiger partial charge in [-0.15, -0.1) is 0 Å². The summed E-state index contributed by atoms with van der Waals surface area (Å²) in [5.74, 6) is 0. The Morgan fingerprint density at radius 1 is 1.10 bits per heavy atom. The Kier molecular flexibility index (Phi) is 4.86. The van der Waals surface area contributed by atoms with Gasteiger partial charge in [0.15, 0.2) is 0 Å². The van der Waals surface area contributed by atoms with E-state index in [1.807, 2.05) is 6.92 Å². The van der Waals surface area contributed by atoms with Gasteiger partial charge in [0.1, 0.15) is 0 Å². The minimum atomic E-state index is -0.232. The molecule has 0 aliphatic rings. The van der Waals surface area contributed by atoms with E-state index in [2.05, 4.69) is 42.7 Å². The molecule has 0 radical (unpaired) electrons. The molecule has 0 spiro atoms. The van der Waals surface area contributed by atoms with Crippen molar-refractivity contribution in [2.24, 2.45) is 0 Å². The summed E-state index contributed by atoms with van der Waals surface area (Å²) in [5, 5.41) is 6.37. The molecule has 0 aliphatic heterocycles. The maximum atomic E-state index is 12.0. The molecular formula is C17H19ClN2O. The Balaban J connectivity index is 2.00. The number of amides is 2. The number of halogens is 1. The van der Waals surface area contributed by atoms with Crippen LogP contribution in [-0.4, -0.2) is 6.03 Å². The monoisotopic (exact) mass is 302 g/mol. The van der Waals surface area contributed by atoms with E-state index >= 15 is 0 Å². The average Bonchev–Trinajstić information content (AvgIpc) is 2.41. The average molecular weight is 303 g/mol. The summed E-state index contributed by atoms with van der Waals surface area (Å²) in [6.45, 7) is 6.08. The van der Waals surface area contributed by atoms with Crippen LogP contribution in [0.1, 0.15) is 29.7 Å². The number of urea groups is 1. The van der Waals surface area contributed by atoms with Gasteiger partial charge in [-0.05, 0) is 56.2 Å². The first-order valence-corrected chi connectivity index (χ1v) is 7.24. The van der Waals surface area contributed by atoms with Crippen molar-refractivity contribution in [2.75, 3.05) is 5.32 Å². The van der Waals surface area contributed by atoms with Crippen LogP contribution >= 0.6 is 11.6 Å². The fraction of sp³-hybridized carbons (Fsp3) is 0.235. The van der Waals surface area contributed by atoms with Crippen LogP contribution in [0.4, 0.5) is 10.5 Å². The molecule has 2 amide bonds. The summed E-state index contributed by atoms with van der Waals surface area (Å²) in [6, 6.07) is 12.9. The second kappa shape index (κ2) is 6.64. The van der Waals surface area contributed by atoms with Crippen molar-refractivity contribution in [3.8, 4) is 0 Å². The lowest BCUT2D eigenvalue weighted by Gasteiger charge is -2.17. The highest BCUT2D eigenvalue weighted by molar-refractivity contribution is 6.30. The van der Waals surface area contributed by atoms with Crippen molar-refractivity contribution in [1.29, 1.82) is 0 Å². The van der Waals surface area contributed by atoms with Crippen molar-refractivity contribution in [3.63, 3.8) is 0 Å². The van der Waals surface area contributed by atoms with Crippen molar-refractivity contribution in [1.82, 2.24) is 5.32 Å². The number of hydrogen-bond acceptors (Lipinski definition) is 1. The number of anilines is 1. The molecule has 0 aliphatic carbocycles. The van der Waals surface area contributed by atoms with E-state index in [1.165, 1.54) is 11.1 Å². The smallest absolute Gasteiger partial charge is 0.319 e. The van der Waals surface area contributed by atoms with E-state index in [0.717, 1.165) is 5.56 Å². The maximum Gasteiger partial charge on any atom is 0.319 e. The van der Waals surface area contributed by atoms with Gasteiger partial charge in [0, 0.05) is 10.7 Å². The highest BCUT2D eigenvalue weighted by Gasteiger charge is 2.11. The van der Waals surface area contributed by atoms with Gasteiger partial charge in [0.25, 0.3) is 0 Å². The Hall–Kier alpha value is -2.00. The molecular weight excluding hydrogens is 284 g/mol. The highest BCUT2D eigenvalue weighted by Crippen LogP contribution is 2.19. The topological polar surface area (TPSA) is 41.1 Å². The van der Waals surface area contributed by atoms with Crippen LogP contribution in [0.15, 0.2) is 42.5 Å². The number of carbonyl (C=O) groups is 1. The molecule has 1 atom stereocenters. The molecule has 2 aromatic carbocycles. The molecule has 0 heterocycles. The lowest BCUT2D eigenvalue weighted by atomic mass is 10.0. The third-order valence-electron chi connectivity index (χ3n) is 3.34. The van der Waals surface area contributed by atoms with Crippen molar-refractivity contribution in [2.45, 2.75) is 26.8 Å². The zero-order valence-electron chi connectivity index (χ0n) is 12.4. The van der Waals surface area contributed by atoms with E-state index in [-0.39, 0.29) is 12.1 Å². The zero-order chi connectivity index (χ0) is 15.4. The normalized spacial score (nSPS) is 11.8. The minimum Gasteiger partial charge on any atom is -0.331 e. The van der Waals surface area contributed by atoms with Crippen molar-refractivity contribution >= 4 is 23.3 Å². The molecule has 0 bridgehead atoms. The van der Waals surface area contributed by atoms with E-state index < -0.39 is 0 Å². The van der Waals surface area contributed by atoms with E-state index in [1.54, 1.807) is 24.3 Å². The molecule has 2 rings (SSSR count). The predicted octanol–water partition coefficient (Wildman–Crippen LogP) is 4.84. The van der Waals surface area contributed by atoms with Gasteiger partial charge in [-0.3, -0.25) is 0 Å². The first-order chi connectivity index (χ1) is 9.95. The molecule has 21 heavy (non-hydrogen) atoms. The summed E-state index contributed by atoms with van der Waals surface area (Å²) >= 11 is 5.81. The van der Waals surface area contributed by atoms with Crippen LogP contribution in [0.25, 0.3) is 0 Å². The predicted molar refractivity (Wildman–Crippen MR) is 87.9 cm³/mol. The van der Waals surface area contributed by atoms with Crippen molar-refractivity contribution in [3.05, 3.63) is 64.2 Å². The summed E-state index contributed by atoms with van der Waals surface area (Å²) in [6.07, 6.45) is 0. The third kappa shape index (κ3) is 4.23. The number of nitrogens with one attached hydrogen (secondary N) is 2. The first-order valence-electron chi connectivity index (χ1n) is 6.86. The van der Waals surface area contributed by atoms with Gasteiger partial charge < -0.3 is 10.6 Å². The van der Waals surface area contributed by atoms with Gasteiger partial charge in [-0.2, -0.15) is 0 Å². The highest BCUT2D eigenvalue weighted by atomic mass is 35.5. The van der Waals surface area contributed by atoms with Crippen molar-refractivity contribution < 1.29 is 4.79 Å². The second-order valence-corrected chi connectivity index (χ2v) is 5.62. The zero-order valence-corrected chi connectivity index (χ0v) is 13.2. The van der Waals surface area contributed by atoms with Gasteiger partial charge in [-0.1, -0.05) is 35.4 Å². The fourth-order valence-electron chi connectivity index (χ4n) is 2.29. The minimum absolute atomic E-state index is 0.0575. The molecule has 0 fully saturated rings. The number of rotatable bonds is 3. The van der Waals surface area contributed by atoms with Crippen LogP contribution in [0.5, 0.6) is 0 Å². The molecule has 3 nitrogen and oxygen atoms in total. The van der Waals surface area contributed by atoms with Gasteiger partial charge >= 0.3 is 6.03 Å². The van der Waals surface area contributed by atoms with Crippen LogP contribution < -0.4 is 10.6 Å². The molecule has 0 aromatic heterocycles. The largest absolute Gasteiger partial charge is 0.331 e. The molecule has 0 saturated carbocycles. The molecule has 110 valence electrons. The number of aryl methyl sites for hydroxylation is 2. The summed E-state index contributed by atoms with van der Waals surface area (Å²) in [5.41, 5.74) is 4.22. The van der Waals surface area contributed by atoms with E-state index in [9.17, 15) is 4.79 Å². The Morgan fingerprint density at radius 3 is 2.38 bits per heavy atom. The molecule has 4 heteroatoms. The second-order valence-electron chi connectivity index (χ2n) is 5.19. The summed E-state index contributed by atoms with van der Waals surface area (Å²) < 4.78 is 0. The lowest BCUT2D eigenvalue weighted by Crippen LogP contribution is -2.31. The van der Waals surface area contributed by atoms with E-state index in [0.29, 0.717) is 10.7 Å². The quantitative estimate of drug-likeness (QED) is 0.837. The summed E-state index contributed by atoms with van der Waals surface area (Å²) in [4.78, 5) is 12.0. The van der Waals surface area contributed by atoms with Gasteiger partial charge in [-0.25, -0.2) is 4.79 Å². The maximum absolute atomic E-state index is 12.0. The number of carbonyl (C=O) groups excluding carboxylic acids is 1. The van der Waals surface area contributed by atoms with Crippen LogP contribution in [0, 0.1) is 13.8 Å². The van der Waals surface area contributed by atoms with Gasteiger partial charge in [0.05, 0.1) is 6.04 Å². The third-order valence-corrected chi connectivity index (χ3v) is 3.59. The first kappa shape index (κ1) is 15.4. The van der Waals surface area contributed by atoms with Crippen LogP contribution in [0.2, 0.25) is 5.02 Å². The fourth-order valence-corrected chi connectivity index (χ4v) is 2.41. The number of benzene rings is 2.